The first-order valence-electron chi connectivity index (χ1n) is 13.9. The van der Waals surface area contributed by atoms with Crippen molar-refractivity contribution < 1.29 is 46.1 Å². The molecule has 0 spiro atoms. The number of primary amides is 1. The number of alkyl halides is 3. The van der Waals surface area contributed by atoms with Crippen LogP contribution in [0.1, 0.15) is 47.4 Å². The standard InChI is InChI=1S/C30H27ClF5N5O5/c1-3-46-27-14(11-22(37)42)10-21(39-26(27)18-6-7-19(31)24(33)23(18)32)29(44,30(34,35)36)13-38-28(43)15-8-16-12-41(17-4-5-17)40-25(16)20(9-15)45-2/h6-10,12,17,44H,3-5,11,13H2,1-2H3,(H2,37,42)(H,38,43)/t29-/m0/s1. The SMILES string of the molecule is CCOc1c(CC(N)=O)cc([C@@](O)(CNC(=O)c2cc(OC)c3nn(C4CC4)cc3c2)C(F)(F)F)nc1-c1ccc(Cl)c(F)c1F. The van der Waals surface area contributed by atoms with Crippen molar-refractivity contribution in [3.05, 3.63) is 70.0 Å². The van der Waals surface area contributed by atoms with Crippen LogP contribution in [0.2, 0.25) is 5.02 Å². The maximum Gasteiger partial charge on any atom is 0.424 e. The molecule has 2 amide bonds. The maximum absolute atomic E-state index is 15.1. The number of nitrogens with one attached hydrogen (secondary N) is 1. The Balaban J connectivity index is 1.58. The quantitative estimate of drug-likeness (QED) is 0.151. The van der Waals surface area contributed by atoms with Crippen LogP contribution in [0.3, 0.4) is 0 Å². The van der Waals surface area contributed by atoms with Crippen LogP contribution in [0.4, 0.5) is 22.0 Å². The number of nitrogens with zero attached hydrogens (tertiary/aromatic N) is 3. The number of methoxy groups -OCH3 is 1. The molecule has 1 fully saturated rings. The minimum atomic E-state index is -5.49. The molecular formula is C30H27ClF5N5O5. The Kier molecular flexibility index (Phi) is 8.84. The maximum atomic E-state index is 15.1. The first-order valence-corrected chi connectivity index (χ1v) is 14.3. The van der Waals surface area contributed by atoms with E-state index in [1.165, 1.54) is 26.2 Å². The van der Waals surface area contributed by atoms with Crippen molar-refractivity contribution in [3.63, 3.8) is 0 Å². The van der Waals surface area contributed by atoms with Crippen LogP contribution >= 0.6 is 11.6 Å². The zero-order valence-corrected chi connectivity index (χ0v) is 25.1. The van der Waals surface area contributed by atoms with Crippen LogP contribution in [0.15, 0.2) is 36.5 Å². The lowest BCUT2D eigenvalue weighted by molar-refractivity contribution is -0.265. The summed E-state index contributed by atoms with van der Waals surface area (Å²) in [5, 5.41) is 17.6. The van der Waals surface area contributed by atoms with Gasteiger partial charge in [0, 0.05) is 28.3 Å². The third kappa shape index (κ3) is 6.16. The smallest absolute Gasteiger partial charge is 0.424 e. The molecule has 0 unspecified atom stereocenters. The number of ether oxygens (including phenoxy) is 2. The second-order valence-electron chi connectivity index (χ2n) is 10.6. The monoisotopic (exact) mass is 667 g/mol. The van der Waals surface area contributed by atoms with Crippen molar-refractivity contribution in [1.29, 1.82) is 0 Å². The molecule has 1 aliphatic carbocycles. The first-order chi connectivity index (χ1) is 21.7. The fourth-order valence-corrected chi connectivity index (χ4v) is 5.04. The average Bonchev–Trinajstić information content (AvgIpc) is 3.76. The van der Waals surface area contributed by atoms with Gasteiger partial charge in [-0.1, -0.05) is 11.6 Å². The van der Waals surface area contributed by atoms with Gasteiger partial charge in [0.2, 0.25) is 11.5 Å². The number of rotatable bonds is 11. The minimum absolute atomic E-state index is 0.0855. The number of pyridine rings is 1. The van der Waals surface area contributed by atoms with Gasteiger partial charge in [-0.3, -0.25) is 14.3 Å². The molecule has 0 saturated heterocycles. The van der Waals surface area contributed by atoms with Gasteiger partial charge in [0.05, 0.1) is 43.4 Å². The molecule has 0 radical (unpaired) electrons. The van der Waals surface area contributed by atoms with Gasteiger partial charge in [-0.25, -0.2) is 13.8 Å². The van der Waals surface area contributed by atoms with E-state index < -0.39 is 70.2 Å². The van der Waals surface area contributed by atoms with E-state index >= 15 is 4.39 Å². The highest BCUT2D eigenvalue weighted by atomic mass is 35.5. The zero-order chi connectivity index (χ0) is 33.6. The van der Waals surface area contributed by atoms with Crippen LogP contribution < -0.4 is 20.5 Å². The molecule has 2 aromatic carbocycles. The van der Waals surface area contributed by atoms with Gasteiger partial charge in [-0.05, 0) is 50.1 Å². The van der Waals surface area contributed by atoms with Crippen LogP contribution in [-0.4, -0.2) is 58.1 Å². The van der Waals surface area contributed by atoms with Gasteiger partial charge >= 0.3 is 6.18 Å². The highest BCUT2D eigenvalue weighted by Crippen LogP contribution is 2.43. The van der Waals surface area contributed by atoms with Crippen molar-refractivity contribution in [2.24, 2.45) is 5.73 Å². The summed E-state index contributed by atoms with van der Waals surface area (Å²) in [6.07, 6.45) is -2.64. The van der Waals surface area contributed by atoms with Gasteiger partial charge in [0.25, 0.3) is 5.91 Å². The molecule has 10 nitrogen and oxygen atoms in total. The van der Waals surface area contributed by atoms with Crippen LogP contribution in [0, 0.1) is 11.6 Å². The number of carbonyl (C=O) groups is 2. The molecular weight excluding hydrogens is 641 g/mol. The van der Waals surface area contributed by atoms with Crippen molar-refractivity contribution in [1.82, 2.24) is 20.1 Å². The number of aromatic nitrogens is 3. The number of benzene rings is 2. The van der Waals surface area contributed by atoms with E-state index in [1.807, 2.05) is 0 Å². The van der Waals surface area contributed by atoms with Crippen LogP contribution in [0.25, 0.3) is 22.2 Å². The summed E-state index contributed by atoms with van der Waals surface area (Å²) in [5.41, 5.74) is -1.00. The Morgan fingerprint density at radius 2 is 1.89 bits per heavy atom. The van der Waals surface area contributed by atoms with Gasteiger partial charge in [0.15, 0.2) is 11.6 Å². The second kappa shape index (κ2) is 12.4. The summed E-state index contributed by atoms with van der Waals surface area (Å²) in [5.74, 6) is -5.26. The Bertz CT molecular complexity index is 1850. The number of amides is 2. The van der Waals surface area contributed by atoms with E-state index in [2.05, 4.69) is 15.4 Å². The van der Waals surface area contributed by atoms with Crippen molar-refractivity contribution in [2.75, 3.05) is 20.3 Å². The van der Waals surface area contributed by atoms with E-state index in [-0.39, 0.29) is 35.3 Å². The number of halogens is 6. The molecule has 244 valence electrons. The Morgan fingerprint density at radius 1 is 1.17 bits per heavy atom. The predicted molar refractivity (Wildman–Crippen MR) is 156 cm³/mol. The summed E-state index contributed by atoms with van der Waals surface area (Å²) >= 11 is 5.66. The van der Waals surface area contributed by atoms with Crippen LogP contribution in [0.5, 0.6) is 11.5 Å². The van der Waals surface area contributed by atoms with Crippen LogP contribution in [-0.2, 0) is 16.8 Å². The highest BCUT2D eigenvalue weighted by molar-refractivity contribution is 6.30. The summed E-state index contributed by atoms with van der Waals surface area (Å²) < 4.78 is 86.1. The van der Waals surface area contributed by atoms with Crippen molar-refractivity contribution >= 4 is 34.3 Å². The number of aliphatic hydroxyl groups is 1. The molecule has 0 bridgehead atoms. The minimum Gasteiger partial charge on any atom is -0.494 e. The normalized spacial score (nSPS) is 14.6. The van der Waals surface area contributed by atoms with E-state index in [1.54, 1.807) is 10.9 Å². The second-order valence-corrected chi connectivity index (χ2v) is 11.0. The molecule has 1 saturated carbocycles. The Hall–Kier alpha value is -4.50. The summed E-state index contributed by atoms with van der Waals surface area (Å²) in [6, 6.07) is 5.53. The zero-order valence-electron chi connectivity index (χ0n) is 24.3. The van der Waals surface area contributed by atoms with Gasteiger partial charge in [-0.2, -0.15) is 18.3 Å². The summed E-state index contributed by atoms with van der Waals surface area (Å²) in [6.45, 7) is -0.0925. The van der Waals surface area contributed by atoms with E-state index in [0.29, 0.717) is 17.0 Å². The Morgan fingerprint density at radius 3 is 2.50 bits per heavy atom. The first kappa shape index (κ1) is 32.9. The van der Waals surface area contributed by atoms with Crippen molar-refractivity contribution in [2.45, 2.75) is 44.0 Å². The summed E-state index contributed by atoms with van der Waals surface area (Å²) in [7, 11) is 1.35. The molecule has 0 aliphatic heterocycles. The number of hydrogen-bond donors (Lipinski definition) is 3. The van der Waals surface area contributed by atoms with Gasteiger partial charge < -0.3 is 25.6 Å². The number of nitrogens with two attached hydrogens (primary N) is 1. The Labute approximate surface area is 263 Å². The number of hydrogen-bond acceptors (Lipinski definition) is 7. The molecule has 16 heteroatoms. The largest absolute Gasteiger partial charge is 0.494 e. The molecule has 4 N–H and O–H groups in total. The summed E-state index contributed by atoms with van der Waals surface area (Å²) in [4.78, 5) is 28.9. The molecule has 2 aromatic heterocycles. The fourth-order valence-electron chi connectivity index (χ4n) is 4.89. The lowest BCUT2D eigenvalue weighted by atomic mass is 9.93. The third-order valence-electron chi connectivity index (χ3n) is 7.39. The van der Waals surface area contributed by atoms with Crippen molar-refractivity contribution in [3.8, 4) is 22.8 Å². The average molecular weight is 668 g/mol. The highest BCUT2D eigenvalue weighted by Gasteiger charge is 2.57. The number of fused-ring (bicyclic) bond motifs is 1. The van der Waals surface area contributed by atoms with E-state index in [9.17, 15) is 32.3 Å². The van der Waals surface area contributed by atoms with Gasteiger partial charge in [-0.15, -0.1) is 0 Å². The molecule has 1 aliphatic rings. The topological polar surface area (TPSA) is 142 Å². The van der Waals surface area contributed by atoms with Gasteiger partial charge in [0.1, 0.15) is 22.7 Å². The molecule has 1 atom stereocenters. The fraction of sp³-hybridized carbons (Fsp3) is 0.333. The third-order valence-corrected chi connectivity index (χ3v) is 7.68. The molecule has 5 rings (SSSR count). The lowest BCUT2D eigenvalue weighted by Gasteiger charge is -2.31. The molecule has 46 heavy (non-hydrogen) atoms. The number of carbonyl (C=O) groups excluding carboxylic acids is 2. The lowest BCUT2D eigenvalue weighted by Crippen LogP contribution is -2.51. The van der Waals surface area contributed by atoms with E-state index in [0.717, 1.165) is 25.0 Å². The molecule has 2 heterocycles. The van der Waals surface area contributed by atoms with E-state index in [4.69, 9.17) is 26.8 Å². The molecule has 4 aromatic rings. The predicted octanol–water partition coefficient (Wildman–Crippen LogP) is 4.98.